The Kier molecular flexibility index (Phi) is 5.90. The van der Waals surface area contributed by atoms with E-state index in [1.54, 1.807) is 11.8 Å². The summed E-state index contributed by atoms with van der Waals surface area (Å²) >= 11 is 7.27. The molecule has 1 N–H and O–H groups in total. The van der Waals surface area contributed by atoms with E-state index in [1.807, 2.05) is 30.3 Å². The van der Waals surface area contributed by atoms with Crippen molar-refractivity contribution in [3.63, 3.8) is 0 Å². The molecule has 0 aromatic heterocycles. The van der Waals surface area contributed by atoms with E-state index >= 15 is 0 Å². The van der Waals surface area contributed by atoms with Crippen LogP contribution in [0.25, 0.3) is 0 Å². The number of thiocarbonyl (C=S) groups is 1. The monoisotopic (exact) mass is 363 g/mol. The Balaban J connectivity index is 1.73. The van der Waals surface area contributed by atoms with Crippen molar-refractivity contribution >= 4 is 28.3 Å². The molecule has 0 amide bonds. The second-order valence-electron chi connectivity index (χ2n) is 5.91. The van der Waals surface area contributed by atoms with Gasteiger partial charge in [0.25, 0.3) is 0 Å². The predicted molar refractivity (Wildman–Crippen MR) is 114 cm³/mol. The van der Waals surface area contributed by atoms with Crippen LogP contribution in [0.4, 0.5) is 0 Å². The van der Waals surface area contributed by atoms with Gasteiger partial charge in [-0.3, -0.25) is 0 Å². The number of allylic oxidation sites excluding steroid dienone is 4. The quantitative estimate of drug-likeness (QED) is 0.563. The molecule has 0 bridgehead atoms. The van der Waals surface area contributed by atoms with Crippen molar-refractivity contribution in [1.29, 1.82) is 0 Å². The molecule has 2 aromatic rings. The van der Waals surface area contributed by atoms with Gasteiger partial charge in [0, 0.05) is 17.2 Å². The van der Waals surface area contributed by atoms with Gasteiger partial charge in [-0.25, -0.2) is 0 Å². The zero-order valence-electron chi connectivity index (χ0n) is 14.0. The maximum absolute atomic E-state index is 5.59. The average Bonchev–Trinajstić information content (AvgIpc) is 2.68. The van der Waals surface area contributed by atoms with Gasteiger partial charge < -0.3 is 5.32 Å². The van der Waals surface area contributed by atoms with E-state index in [0.717, 1.165) is 10.9 Å². The van der Waals surface area contributed by atoms with Crippen LogP contribution in [-0.4, -0.2) is 9.57 Å². The molecule has 0 aliphatic heterocycles. The molecule has 25 heavy (non-hydrogen) atoms. The van der Waals surface area contributed by atoms with E-state index in [4.69, 9.17) is 12.2 Å². The minimum absolute atomic E-state index is 0.174. The molecule has 3 heteroatoms. The standard InChI is InChI=1S/C22H21NS2/c1-2-22(19-13-7-4-8-14-19)16-10-9-15-20(22)25-21(24)23-17-18-11-5-3-6-12-18/h2-16,20H,1,17H2,(H,23,24). The van der Waals surface area contributed by atoms with E-state index in [2.05, 4.69) is 72.6 Å². The zero-order chi connectivity index (χ0) is 17.5. The van der Waals surface area contributed by atoms with Crippen LogP contribution in [0.15, 0.2) is 97.6 Å². The maximum atomic E-state index is 5.59. The summed E-state index contributed by atoms with van der Waals surface area (Å²) in [5.74, 6) is 0. The van der Waals surface area contributed by atoms with Crippen LogP contribution in [0.2, 0.25) is 0 Å². The van der Waals surface area contributed by atoms with Crippen molar-refractivity contribution in [2.75, 3.05) is 0 Å². The lowest BCUT2D eigenvalue weighted by atomic mass is 9.75. The first-order chi connectivity index (χ1) is 12.2. The highest BCUT2D eigenvalue weighted by atomic mass is 32.2. The van der Waals surface area contributed by atoms with Crippen molar-refractivity contribution in [2.24, 2.45) is 0 Å². The fourth-order valence-corrected chi connectivity index (χ4v) is 4.43. The van der Waals surface area contributed by atoms with Gasteiger partial charge in [0.1, 0.15) is 4.32 Å². The first-order valence-electron chi connectivity index (χ1n) is 8.28. The van der Waals surface area contributed by atoms with E-state index in [1.165, 1.54) is 11.1 Å². The summed E-state index contributed by atoms with van der Waals surface area (Å²) < 4.78 is 0.802. The van der Waals surface area contributed by atoms with Crippen LogP contribution < -0.4 is 5.32 Å². The molecule has 3 rings (SSSR count). The van der Waals surface area contributed by atoms with Crippen LogP contribution in [-0.2, 0) is 12.0 Å². The van der Waals surface area contributed by atoms with Gasteiger partial charge >= 0.3 is 0 Å². The number of thioether (sulfide) groups is 1. The molecule has 0 spiro atoms. The highest BCUT2D eigenvalue weighted by Crippen LogP contribution is 2.40. The van der Waals surface area contributed by atoms with Gasteiger partial charge in [-0.2, -0.15) is 0 Å². The molecular formula is C22H21NS2. The van der Waals surface area contributed by atoms with Gasteiger partial charge in [0.2, 0.25) is 0 Å². The van der Waals surface area contributed by atoms with Gasteiger partial charge in [-0.1, -0.05) is 115 Å². The number of hydrogen-bond donors (Lipinski definition) is 1. The fourth-order valence-electron chi connectivity index (χ4n) is 2.99. The third kappa shape index (κ3) is 4.12. The Morgan fingerprint density at radius 1 is 1.08 bits per heavy atom. The lowest BCUT2D eigenvalue weighted by Gasteiger charge is -2.36. The van der Waals surface area contributed by atoms with Crippen LogP contribution in [0, 0.1) is 0 Å². The van der Waals surface area contributed by atoms with Crippen molar-refractivity contribution < 1.29 is 0 Å². The topological polar surface area (TPSA) is 12.0 Å². The predicted octanol–water partition coefficient (Wildman–Crippen LogP) is 5.41. The van der Waals surface area contributed by atoms with Crippen molar-refractivity contribution in [3.05, 3.63) is 109 Å². The molecule has 126 valence electrons. The molecule has 0 heterocycles. The summed E-state index contributed by atoms with van der Waals surface area (Å²) in [6, 6.07) is 20.8. The molecule has 0 fully saturated rings. The molecule has 1 aliphatic rings. The van der Waals surface area contributed by atoms with Gasteiger partial charge in [-0.05, 0) is 11.1 Å². The van der Waals surface area contributed by atoms with Crippen LogP contribution >= 0.6 is 24.0 Å². The van der Waals surface area contributed by atoms with Gasteiger partial charge in [0.15, 0.2) is 0 Å². The summed E-state index contributed by atoms with van der Waals surface area (Å²) in [7, 11) is 0. The molecular weight excluding hydrogens is 342 g/mol. The lowest BCUT2D eigenvalue weighted by molar-refractivity contribution is 0.693. The molecule has 2 aromatic carbocycles. The Morgan fingerprint density at radius 2 is 1.76 bits per heavy atom. The molecule has 0 radical (unpaired) electrons. The first-order valence-corrected chi connectivity index (χ1v) is 9.57. The third-order valence-electron chi connectivity index (χ3n) is 4.37. The Hall–Kier alpha value is -2.10. The summed E-state index contributed by atoms with van der Waals surface area (Å²) in [5, 5.41) is 3.54. The maximum Gasteiger partial charge on any atom is 0.134 e. The van der Waals surface area contributed by atoms with Gasteiger partial charge in [0.05, 0.1) is 0 Å². The largest absolute Gasteiger partial charge is 0.367 e. The molecule has 0 saturated carbocycles. The minimum Gasteiger partial charge on any atom is -0.367 e. The van der Waals surface area contributed by atoms with E-state index in [9.17, 15) is 0 Å². The Labute approximate surface area is 159 Å². The average molecular weight is 364 g/mol. The third-order valence-corrected chi connectivity index (χ3v) is 5.96. The number of rotatable bonds is 5. The van der Waals surface area contributed by atoms with E-state index in [-0.39, 0.29) is 10.7 Å². The molecule has 1 aliphatic carbocycles. The van der Waals surface area contributed by atoms with Crippen molar-refractivity contribution in [3.8, 4) is 0 Å². The molecule has 0 saturated heterocycles. The fraction of sp³-hybridized carbons (Fsp3) is 0.136. The number of benzene rings is 2. The molecule has 2 unspecified atom stereocenters. The smallest absolute Gasteiger partial charge is 0.134 e. The van der Waals surface area contributed by atoms with Crippen LogP contribution in [0.5, 0.6) is 0 Å². The Bertz CT molecular complexity index is 780. The highest BCUT2D eigenvalue weighted by molar-refractivity contribution is 8.23. The Morgan fingerprint density at radius 3 is 2.44 bits per heavy atom. The SMILES string of the molecule is C=CC1(c2ccccc2)C=CC=CC1SC(=S)NCc1ccccc1. The second kappa shape index (κ2) is 8.32. The summed E-state index contributed by atoms with van der Waals surface area (Å²) in [6.07, 6.45) is 10.6. The van der Waals surface area contributed by atoms with Crippen LogP contribution in [0.3, 0.4) is 0 Å². The van der Waals surface area contributed by atoms with Gasteiger partial charge in [-0.15, -0.1) is 6.58 Å². The number of nitrogens with one attached hydrogen (secondary N) is 1. The minimum atomic E-state index is -0.251. The van der Waals surface area contributed by atoms with E-state index < -0.39 is 0 Å². The normalized spacial score (nSPS) is 21.7. The van der Waals surface area contributed by atoms with Crippen molar-refractivity contribution in [1.82, 2.24) is 5.32 Å². The highest BCUT2D eigenvalue weighted by Gasteiger charge is 2.36. The lowest BCUT2D eigenvalue weighted by Crippen LogP contribution is -2.36. The molecule has 2 atom stereocenters. The summed E-state index contributed by atoms with van der Waals surface area (Å²) in [6.45, 7) is 4.86. The second-order valence-corrected chi connectivity index (χ2v) is 7.73. The first kappa shape index (κ1) is 17.7. The van der Waals surface area contributed by atoms with Crippen molar-refractivity contribution in [2.45, 2.75) is 17.2 Å². The zero-order valence-corrected chi connectivity index (χ0v) is 15.6. The number of hydrogen-bond acceptors (Lipinski definition) is 2. The van der Waals surface area contributed by atoms with E-state index in [0.29, 0.717) is 0 Å². The molecule has 1 nitrogen and oxygen atoms in total. The summed E-state index contributed by atoms with van der Waals surface area (Å²) in [4.78, 5) is 0. The van der Waals surface area contributed by atoms with Crippen LogP contribution in [0.1, 0.15) is 11.1 Å². The summed E-state index contributed by atoms with van der Waals surface area (Å²) in [5.41, 5.74) is 2.20.